The number of fused-ring (bicyclic) bond motifs is 1. The largest absolute Gasteiger partial charge is 0.396 e. The number of hydrogen-bond donors (Lipinski definition) is 2. The maximum Gasteiger partial charge on any atom is 0.175 e. The molecule has 1 aliphatic carbocycles. The lowest BCUT2D eigenvalue weighted by Crippen LogP contribution is -2.18. The molecule has 2 heterocycles. The highest BCUT2D eigenvalue weighted by atomic mass is 35.5. The second kappa shape index (κ2) is 9.76. The monoisotopic (exact) mass is 508 g/mol. The SMILES string of the molecule is CS(=O)(=O)c1ccc(-c2ccc(-c3nc4cc(CC5CCC(CO)CC5)[nH]c4cc3Cl)cc2)cc1. The zero-order chi connectivity index (χ0) is 24.6. The van der Waals surface area contributed by atoms with Gasteiger partial charge in [0.1, 0.15) is 0 Å². The standard InChI is InChI=1S/C28H29ClN2O3S/c1-35(33,34)24-12-10-21(11-13-24)20-6-8-22(9-7-20)28-25(29)16-27-26(31-28)15-23(30-27)14-18-2-4-19(17-32)5-3-18/h6-13,15-16,18-19,30,32H,2-5,14,17H2,1H3. The number of aliphatic hydroxyl groups excluding tert-OH is 1. The van der Waals surface area contributed by atoms with Crippen LogP contribution in [0.2, 0.25) is 5.02 Å². The normalized spacial score (nSPS) is 18.7. The van der Waals surface area contributed by atoms with E-state index in [1.165, 1.54) is 11.9 Å². The quantitative estimate of drug-likeness (QED) is 0.320. The second-order valence-electron chi connectivity index (χ2n) is 9.69. The van der Waals surface area contributed by atoms with Crippen LogP contribution in [-0.4, -0.2) is 36.4 Å². The van der Waals surface area contributed by atoms with Crippen molar-refractivity contribution < 1.29 is 13.5 Å². The van der Waals surface area contributed by atoms with Crippen LogP contribution in [0.5, 0.6) is 0 Å². The zero-order valence-corrected chi connectivity index (χ0v) is 21.2. The van der Waals surface area contributed by atoms with Crippen molar-refractivity contribution in [1.82, 2.24) is 9.97 Å². The number of H-pyrrole nitrogens is 1. The molecular weight excluding hydrogens is 480 g/mol. The van der Waals surface area contributed by atoms with Crippen LogP contribution < -0.4 is 0 Å². The van der Waals surface area contributed by atoms with Crippen LogP contribution in [0.3, 0.4) is 0 Å². The Balaban J connectivity index is 1.35. The van der Waals surface area contributed by atoms with E-state index in [0.717, 1.165) is 65.5 Å². The molecule has 0 spiro atoms. The summed E-state index contributed by atoms with van der Waals surface area (Å²) in [5.41, 5.74) is 6.64. The molecule has 4 aromatic rings. The third-order valence-corrected chi connectivity index (χ3v) is 8.54. The van der Waals surface area contributed by atoms with Crippen LogP contribution in [0.15, 0.2) is 65.6 Å². The lowest BCUT2D eigenvalue weighted by Gasteiger charge is -2.26. The molecule has 0 unspecified atom stereocenters. The Hall–Kier alpha value is -2.67. The van der Waals surface area contributed by atoms with Gasteiger partial charge in [-0.1, -0.05) is 48.0 Å². The molecule has 0 amide bonds. The average molecular weight is 509 g/mol. The predicted octanol–water partition coefficient (Wildman–Crippen LogP) is 6.30. The van der Waals surface area contributed by atoms with Gasteiger partial charge in [0.2, 0.25) is 0 Å². The van der Waals surface area contributed by atoms with Gasteiger partial charge >= 0.3 is 0 Å². The number of nitrogens with zero attached hydrogens (tertiary/aromatic N) is 1. The van der Waals surface area contributed by atoms with Gasteiger partial charge in [-0.05, 0) is 79.3 Å². The summed E-state index contributed by atoms with van der Waals surface area (Å²) in [5.74, 6) is 1.11. The molecule has 5 rings (SSSR count). The summed E-state index contributed by atoms with van der Waals surface area (Å²) < 4.78 is 23.4. The summed E-state index contributed by atoms with van der Waals surface area (Å²) in [6.45, 7) is 0.306. The Morgan fingerprint density at radius 2 is 1.49 bits per heavy atom. The van der Waals surface area contributed by atoms with Crippen molar-refractivity contribution in [3.05, 3.63) is 71.4 Å². The molecule has 1 saturated carbocycles. The molecule has 182 valence electrons. The Morgan fingerprint density at radius 1 is 0.914 bits per heavy atom. The van der Waals surface area contributed by atoms with Crippen molar-refractivity contribution in [1.29, 1.82) is 0 Å². The third-order valence-electron chi connectivity index (χ3n) is 7.12. The molecule has 0 radical (unpaired) electrons. The van der Waals surface area contributed by atoms with Crippen LogP contribution >= 0.6 is 11.6 Å². The lowest BCUT2D eigenvalue weighted by atomic mass is 9.80. The van der Waals surface area contributed by atoms with Gasteiger partial charge in [0.15, 0.2) is 9.84 Å². The van der Waals surface area contributed by atoms with E-state index in [1.54, 1.807) is 12.1 Å². The smallest absolute Gasteiger partial charge is 0.175 e. The number of benzene rings is 2. The molecular formula is C28H29ClN2O3S. The van der Waals surface area contributed by atoms with Gasteiger partial charge in [-0.25, -0.2) is 13.4 Å². The minimum Gasteiger partial charge on any atom is -0.396 e. The van der Waals surface area contributed by atoms with Gasteiger partial charge < -0.3 is 10.1 Å². The Bertz CT molecular complexity index is 1440. The molecule has 1 aliphatic rings. The first-order chi connectivity index (χ1) is 16.8. The number of aromatic amines is 1. The van der Waals surface area contributed by atoms with Gasteiger partial charge in [-0.2, -0.15) is 0 Å². The van der Waals surface area contributed by atoms with E-state index in [-0.39, 0.29) is 0 Å². The molecule has 0 atom stereocenters. The number of pyridine rings is 1. The van der Waals surface area contributed by atoms with Crippen LogP contribution in [0.25, 0.3) is 33.4 Å². The molecule has 35 heavy (non-hydrogen) atoms. The van der Waals surface area contributed by atoms with Crippen molar-refractivity contribution in [3.63, 3.8) is 0 Å². The first-order valence-corrected chi connectivity index (χ1v) is 14.3. The second-order valence-corrected chi connectivity index (χ2v) is 12.1. The summed E-state index contributed by atoms with van der Waals surface area (Å²) >= 11 is 6.62. The first-order valence-electron chi connectivity index (χ1n) is 12.0. The van der Waals surface area contributed by atoms with E-state index in [9.17, 15) is 13.5 Å². The molecule has 2 aromatic carbocycles. The fourth-order valence-corrected chi connectivity index (χ4v) is 5.93. The van der Waals surface area contributed by atoms with Gasteiger partial charge in [0.05, 0.1) is 26.6 Å². The molecule has 0 bridgehead atoms. The predicted molar refractivity (Wildman–Crippen MR) is 141 cm³/mol. The van der Waals surface area contributed by atoms with Crippen molar-refractivity contribution in [2.24, 2.45) is 11.8 Å². The fourth-order valence-electron chi connectivity index (χ4n) is 5.04. The number of nitrogens with one attached hydrogen (secondary N) is 1. The highest BCUT2D eigenvalue weighted by Gasteiger charge is 2.21. The average Bonchev–Trinajstić information content (AvgIpc) is 3.24. The molecule has 5 nitrogen and oxygen atoms in total. The van der Waals surface area contributed by atoms with Crippen LogP contribution in [0.4, 0.5) is 0 Å². The van der Waals surface area contributed by atoms with Crippen molar-refractivity contribution >= 4 is 32.5 Å². The Labute approximate surface area is 211 Å². The fraction of sp³-hybridized carbons (Fsp3) is 0.321. The van der Waals surface area contributed by atoms with Gasteiger partial charge in [-0.3, -0.25) is 0 Å². The topological polar surface area (TPSA) is 83.1 Å². The number of rotatable bonds is 6. The maximum atomic E-state index is 11.7. The minimum atomic E-state index is -3.21. The van der Waals surface area contributed by atoms with Crippen molar-refractivity contribution in [2.45, 2.75) is 37.0 Å². The van der Waals surface area contributed by atoms with E-state index in [4.69, 9.17) is 16.6 Å². The number of halogens is 1. The van der Waals surface area contributed by atoms with Crippen LogP contribution in [-0.2, 0) is 16.3 Å². The van der Waals surface area contributed by atoms with Crippen LogP contribution in [0, 0.1) is 11.8 Å². The van der Waals surface area contributed by atoms with Gasteiger partial charge in [0, 0.05) is 24.1 Å². The van der Waals surface area contributed by atoms with Gasteiger partial charge in [0.25, 0.3) is 0 Å². The molecule has 1 fully saturated rings. The van der Waals surface area contributed by atoms with Gasteiger partial charge in [-0.15, -0.1) is 0 Å². The van der Waals surface area contributed by atoms with E-state index in [1.807, 2.05) is 42.5 Å². The van der Waals surface area contributed by atoms with E-state index >= 15 is 0 Å². The number of hydrogen-bond acceptors (Lipinski definition) is 4. The molecule has 0 aliphatic heterocycles. The molecule has 7 heteroatoms. The summed E-state index contributed by atoms with van der Waals surface area (Å²) in [7, 11) is -3.21. The molecule has 2 aromatic heterocycles. The highest BCUT2D eigenvalue weighted by molar-refractivity contribution is 7.90. The Morgan fingerprint density at radius 3 is 2.09 bits per heavy atom. The van der Waals surface area contributed by atoms with Crippen molar-refractivity contribution in [2.75, 3.05) is 12.9 Å². The molecule has 2 N–H and O–H groups in total. The minimum absolute atomic E-state index is 0.306. The highest BCUT2D eigenvalue weighted by Crippen LogP contribution is 2.34. The van der Waals surface area contributed by atoms with Crippen molar-refractivity contribution in [3.8, 4) is 22.4 Å². The van der Waals surface area contributed by atoms with Crippen LogP contribution in [0.1, 0.15) is 31.4 Å². The number of aromatic nitrogens is 2. The van der Waals surface area contributed by atoms with E-state index in [2.05, 4.69) is 11.1 Å². The Kier molecular flexibility index (Phi) is 6.71. The summed E-state index contributed by atoms with van der Waals surface area (Å²) in [6, 6.07) is 19.0. The summed E-state index contributed by atoms with van der Waals surface area (Å²) in [6.07, 6.45) is 6.73. The lowest BCUT2D eigenvalue weighted by molar-refractivity contribution is 0.167. The third kappa shape index (κ3) is 5.30. The summed E-state index contributed by atoms with van der Waals surface area (Å²) in [4.78, 5) is 8.67. The number of aliphatic hydroxyl groups is 1. The number of sulfone groups is 1. The van der Waals surface area contributed by atoms with E-state index < -0.39 is 9.84 Å². The zero-order valence-electron chi connectivity index (χ0n) is 19.7. The molecule has 0 saturated heterocycles. The maximum absolute atomic E-state index is 11.7. The van der Waals surface area contributed by atoms with E-state index in [0.29, 0.717) is 28.4 Å². The first kappa shape index (κ1) is 24.0. The summed E-state index contributed by atoms with van der Waals surface area (Å²) in [5, 5.41) is 9.97.